The van der Waals surface area contributed by atoms with Gasteiger partial charge in [0.2, 0.25) is 0 Å². The molecule has 0 saturated carbocycles. The molecule has 0 radical (unpaired) electrons. The number of carbonyl (C=O) groups excluding carboxylic acids is 1. The van der Waals surface area contributed by atoms with Gasteiger partial charge in [-0.15, -0.1) is 0 Å². The molecule has 1 atom stereocenters. The Morgan fingerprint density at radius 2 is 2.16 bits per heavy atom. The van der Waals surface area contributed by atoms with Gasteiger partial charge < -0.3 is 14.5 Å². The van der Waals surface area contributed by atoms with Crippen molar-refractivity contribution < 1.29 is 27.1 Å². The zero-order valence-corrected chi connectivity index (χ0v) is 10.9. The van der Waals surface area contributed by atoms with E-state index in [0.29, 0.717) is 11.5 Å². The molecule has 0 bridgehead atoms. The summed E-state index contributed by atoms with van der Waals surface area (Å²) < 4.78 is 46.2. The van der Waals surface area contributed by atoms with Crippen LogP contribution in [0.3, 0.4) is 0 Å². The van der Waals surface area contributed by atoms with E-state index in [1.54, 1.807) is 6.92 Å². The number of esters is 1. The summed E-state index contributed by atoms with van der Waals surface area (Å²) in [6.45, 7) is 3.15. The summed E-state index contributed by atoms with van der Waals surface area (Å²) in [6, 6.07) is 0.737. The quantitative estimate of drug-likeness (QED) is 0.842. The third-order valence-corrected chi connectivity index (χ3v) is 2.54. The predicted molar refractivity (Wildman–Crippen MR) is 61.8 cm³/mol. The Morgan fingerprint density at radius 1 is 1.53 bits per heavy atom. The summed E-state index contributed by atoms with van der Waals surface area (Å²) in [4.78, 5) is 11.3. The summed E-state index contributed by atoms with van der Waals surface area (Å²) in [5.74, 6) is 0.245. The maximum absolute atomic E-state index is 12.1. The van der Waals surface area contributed by atoms with Crippen LogP contribution >= 0.6 is 0 Å². The number of rotatable bonds is 5. The van der Waals surface area contributed by atoms with Gasteiger partial charge in [-0.2, -0.15) is 13.2 Å². The lowest BCUT2D eigenvalue weighted by Crippen LogP contribution is -2.30. The van der Waals surface area contributed by atoms with E-state index in [1.807, 2.05) is 0 Å². The van der Waals surface area contributed by atoms with Crippen molar-refractivity contribution in [3.63, 3.8) is 0 Å². The van der Waals surface area contributed by atoms with Crippen molar-refractivity contribution in [3.05, 3.63) is 23.2 Å². The molecular formula is C12H16F3NO3. The van der Waals surface area contributed by atoms with Crippen LogP contribution in [-0.2, 0) is 11.3 Å². The Labute approximate surface area is 108 Å². The molecule has 108 valence electrons. The molecule has 4 nitrogen and oxygen atoms in total. The van der Waals surface area contributed by atoms with E-state index in [4.69, 9.17) is 4.42 Å². The van der Waals surface area contributed by atoms with E-state index in [-0.39, 0.29) is 12.1 Å². The normalized spacial score (nSPS) is 13.4. The van der Waals surface area contributed by atoms with Crippen LogP contribution in [0.15, 0.2) is 10.5 Å². The highest BCUT2D eigenvalue weighted by Crippen LogP contribution is 2.22. The van der Waals surface area contributed by atoms with Crippen LogP contribution in [0.4, 0.5) is 13.2 Å². The number of methoxy groups -OCH3 is 1. The minimum absolute atomic E-state index is 0.120. The van der Waals surface area contributed by atoms with E-state index >= 15 is 0 Å². The maximum atomic E-state index is 12.1. The Morgan fingerprint density at radius 3 is 2.68 bits per heavy atom. The van der Waals surface area contributed by atoms with E-state index in [2.05, 4.69) is 10.1 Å². The van der Waals surface area contributed by atoms with E-state index in [1.165, 1.54) is 20.1 Å². The van der Waals surface area contributed by atoms with Crippen molar-refractivity contribution in [2.45, 2.75) is 39.0 Å². The zero-order valence-electron chi connectivity index (χ0n) is 10.9. The first kappa shape index (κ1) is 15.6. The molecule has 1 N–H and O–H groups in total. The van der Waals surface area contributed by atoms with Gasteiger partial charge in [0.25, 0.3) is 0 Å². The molecule has 0 spiro atoms. The second kappa shape index (κ2) is 6.10. The van der Waals surface area contributed by atoms with Gasteiger partial charge in [-0.1, -0.05) is 0 Å². The van der Waals surface area contributed by atoms with Crippen molar-refractivity contribution in [3.8, 4) is 0 Å². The highest BCUT2D eigenvalue weighted by molar-refractivity contribution is 5.90. The summed E-state index contributed by atoms with van der Waals surface area (Å²) in [7, 11) is 1.25. The molecule has 1 heterocycles. The van der Waals surface area contributed by atoms with Crippen LogP contribution in [0.5, 0.6) is 0 Å². The molecule has 7 heteroatoms. The highest BCUT2D eigenvalue weighted by atomic mass is 19.4. The first-order valence-electron chi connectivity index (χ1n) is 5.70. The van der Waals surface area contributed by atoms with Crippen LogP contribution in [0.2, 0.25) is 0 Å². The number of hydrogen-bond donors (Lipinski definition) is 1. The number of aryl methyl sites for hydroxylation is 1. The molecule has 1 unspecified atom stereocenters. The lowest BCUT2D eigenvalue weighted by Gasteiger charge is -2.14. The van der Waals surface area contributed by atoms with Gasteiger partial charge in [0.15, 0.2) is 0 Å². The van der Waals surface area contributed by atoms with Gasteiger partial charge in [0, 0.05) is 6.04 Å². The molecule has 0 amide bonds. The number of furan rings is 1. The third-order valence-electron chi connectivity index (χ3n) is 2.54. The topological polar surface area (TPSA) is 51.5 Å². The minimum atomic E-state index is -4.21. The average molecular weight is 279 g/mol. The standard InChI is InChI=1S/C12H16F3NO3/c1-7(5-12(13,14)15)16-6-9-4-10(8(2)19-9)11(17)18-3/h4,7,16H,5-6H2,1-3H3. The summed E-state index contributed by atoms with van der Waals surface area (Å²) in [5.41, 5.74) is 0.280. The molecule has 0 aliphatic rings. The van der Waals surface area contributed by atoms with E-state index < -0.39 is 24.6 Å². The summed E-state index contributed by atoms with van der Waals surface area (Å²) in [5, 5.41) is 2.69. The van der Waals surface area contributed by atoms with Gasteiger partial charge in [0.1, 0.15) is 17.1 Å². The Hall–Kier alpha value is -1.50. The lowest BCUT2D eigenvalue weighted by atomic mass is 10.2. The average Bonchev–Trinajstić information content (AvgIpc) is 2.65. The largest absolute Gasteiger partial charge is 0.465 e. The zero-order chi connectivity index (χ0) is 14.6. The molecule has 0 aliphatic carbocycles. The van der Waals surface area contributed by atoms with Gasteiger partial charge in [-0.05, 0) is 19.9 Å². The number of halogens is 3. The fourth-order valence-electron chi connectivity index (χ4n) is 1.64. The van der Waals surface area contributed by atoms with Crippen molar-refractivity contribution in [1.82, 2.24) is 5.32 Å². The molecule has 1 aromatic heterocycles. The Kier molecular flexibility index (Phi) is 4.99. The lowest BCUT2D eigenvalue weighted by molar-refractivity contribution is -0.139. The van der Waals surface area contributed by atoms with Gasteiger partial charge in [-0.25, -0.2) is 4.79 Å². The smallest absolute Gasteiger partial charge is 0.390 e. The minimum Gasteiger partial charge on any atom is -0.465 e. The van der Waals surface area contributed by atoms with Crippen molar-refractivity contribution in [2.75, 3.05) is 7.11 Å². The highest BCUT2D eigenvalue weighted by Gasteiger charge is 2.29. The van der Waals surface area contributed by atoms with Gasteiger partial charge in [-0.3, -0.25) is 0 Å². The van der Waals surface area contributed by atoms with Crippen LogP contribution in [0.1, 0.15) is 35.2 Å². The van der Waals surface area contributed by atoms with Crippen molar-refractivity contribution in [1.29, 1.82) is 0 Å². The fourth-order valence-corrected chi connectivity index (χ4v) is 1.64. The number of nitrogens with one attached hydrogen (secondary N) is 1. The predicted octanol–water partition coefficient (Wildman–Crippen LogP) is 2.81. The molecule has 0 fully saturated rings. The monoisotopic (exact) mass is 279 g/mol. The summed E-state index contributed by atoms with van der Waals surface area (Å²) >= 11 is 0. The molecule has 0 saturated heterocycles. The van der Waals surface area contributed by atoms with Gasteiger partial charge >= 0.3 is 12.1 Å². The van der Waals surface area contributed by atoms with Crippen LogP contribution in [-0.4, -0.2) is 25.3 Å². The number of ether oxygens (including phenoxy) is 1. The fraction of sp³-hybridized carbons (Fsp3) is 0.583. The molecule has 19 heavy (non-hydrogen) atoms. The SMILES string of the molecule is COC(=O)c1cc(CNC(C)CC(F)(F)F)oc1C. The van der Waals surface area contributed by atoms with Crippen LogP contribution < -0.4 is 5.32 Å². The number of alkyl halides is 3. The second-order valence-corrected chi connectivity index (χ2v) is 4.28. The van der Waals surface area contributed by atoms with Crippen LogP contribution in [0, 0.1) is 6.92 Å². The molecule has 0 aliphatic heterocycles. The summed E-state index contributed by atoms with van der Waals surface area (Å²) in [6.07, 6.45) is -5.13. The first-order chi connectivity index (χ1) is 8.73. The molecule has 1 aromatic rings. The first-order valence-corrected chi connectivity index (χ1v) is 5.70. The van der Waals surface area contributed by atoms with Crippen molar-refractivity contribution in [2.24, 2.45) is 0 Å². The van der Waals surface area contributed by atoms with Gasteiger partial charge in [0.05, 0.1) is 20.1 Å². The maximum Gasteiger partial charge on any atom is 0.390 e. The van der Waals surface area contributed by atoms with E-state index in [9.17, 15) is 18.0 Å². The molecule has 1 rings (SSSR count). The van der Waals surface area contributed by atoms with Crippen LogP contribution in [0.25, 0.3) is 0 Å². The Balaban J connectivity index is 2.57. The number of carbonyl (C=O) groups is 1. The van der Waals surface area contributed by atoms with E-state index in [0.717, 1.165) is 0 Å². The Bertz CT molecular complexity index is 440. The molecule has 0 aromatic carbocycles. The van der Waals surface area contributed by atoms with Crippen molar-refractivity contribution >= 4 is 5.97 Å². The molecular weight excluding hydrogens is 263 g/mol. The third kappa shape index (κ3) is 4.94. The number of hydrogen-bond acceptors (Lipinski definition) is 4. The second-order valence-electron chi connectivity index (χ2n) is 4.28.